The molecule has 132 valence electrons. The quantitative estimate of drug-likeness (QED) is 0.539. The third-order valence-electron chi connectivity index (χ3n) is 3.14. The Kier molecular flexibility index (Phi) is 5.65. The van der Waals surface area contributed by atoms with Crippen molar-refractivity contribution < 1.29 is 34.5 Å². The number of carboxylic acids is 1. The lowest BCUT2D eigenvalue weighted by atomic mass is 10.1. The van der Waals surface area contributed by atoms with Crippen LogP contribution < -0.4 is 5.32 Å². The molecule has 1 aromatic carbocycles. The molecule has 0 unspecified atom stereocenters. The van der Waals surface area contributed by atoms with Crippen LogP contribution in [0, 0.1) is 0 Å². The van der Waals surface area contributed by atoms with Gasteiger partial charge in [-0.05, 0) is 30.0 Å². The number of carbonyl (C=O) groups is 4. The van der Waals surface area contributed by atoms with Crippen LogP contribution in [0.5, 0.6) is 11.5 Å². The lowest BCUT2D eigenvalue weighted by Crippen LogP contribution is -2.40. The van der Waals surface area contributed by atoms with Crippen LogP contribution in [0.4, 0.5) is 4.79 Å². The zero-order valence-corrected chi connectivity index (χ0v) is 13.6. The normalized spacial score (nSPS) is 15.7. The number of hydrogen-bond acceptors (Lipinski definition) is 7. The summed E-state index contributed by atoms with van der Waals surface area (Å²) >= 11 is 0.611. The Labute approximate surface area is 145 Å². The monoisotopic (exact) mass is 366 g/mol. The van der Waals surface area contributed by atoms with Gasteiger partial charge in [-0.2, -0.15) is 0 Å². The van der Waals surface area contributed by atoms with Gasteiger partial charge < -0.3 is 20.6 Å². The summed E-state index contributed by atoms with van der Waals surface area (Å²) in [6, 6.07) is 3.77. The minimum atomic E-state index is -1.08. The van der Waals surface area contributed by atoms with Gasteiger partial charge in [-0.25, -0.2) is 0 Å². The molecule has 0 spiro atoms. The first-order valence-corrected chi connectivity index (χ1v) is 7.85. The number of nitrogens with one attached hydrogen (secondary N) is 1. The van der Waals surface area contributed by atoms with E-state index in [4.69, 9.17) is 5.11 Å². The van der Waals surface area contributed by atoms with E-state index in [9.17, 15) is 29.4 Å². The first kappa shape index (κ1) is 18.3. The van der Waals surface area contributed by atoms with Gasteiger partial charge in [0.25, 0.3) is 11.1 Å². The van der Waals surface area contributed by atoms with Crippen LogP contribution in [0.2, 0.25) is 0 Å². The number of hydrogen-bond donors (Lipinski definition) is 4. The second-order valence-electron chi connectivity index (χ2n) is 5.00. The molecule has 3 amide bonds. The molecule has 0 bridgehead atoms. The van der Waals surface area contributed by atoms with Crippen molar-refractivity contribution in [3.63, 3.8) is 0 Å². The summed E-state index contributed by atoms with van der Waals surface area (Å²) in [4.78, 5) is 46.9. The first-order valence-electron chi connectivity index (χ1n) is 7.04. The summed E-state index contributed by atoms with van der Waals surface area (Å²) in [5, 5.41) is 29.1. The van der Waals surface area contributed by atoms with E-state index >= 15 is 0 Å². The van der Waals surface area contributed by atoms with Crippen LogP contribution in [-0.2, 0) is 14.4 Å². The highest BCUT2D eigenvalue weighted by atomic mass is 32.2. The van der Waals surface area contributed by atoms with Gasteiger partial charge in [0.05, 0.1) is 11.3 Å². The molecule has 1 fully saturated rings. The van der Waals surface area contributed by atoms with E-state index < -0.39 is 29.6 Å². The Balaban J connectivity index is 2.05. The van der Waals surface area contributed by atoms with Gasteiger partial charge in [-0.15, -0.1) is 0 Å². The van der Waals surface area contributed by atoms with Gasteiger partial charge >= 0.3 is 5.97 Å². The summed E-state index contributed by atoms with van der Waals surface area (Å²) in [6.45, 7) is -0.634. The molecule has 1 aliphatic heterocycles. The number of amides is 3. The summed E-state index contributed by atoms with van der Waals surface area (Å²) in [7, 11) is 0. The Morgan fingerprint density at radius 1 is 1.24 bits per heavy atom. The SMILES string of the molecule is O=C(O)CCNC(=O)CN1C(=O)S/C(=C\c2ccc(O)cc2O)C1=O. The van der Waals surface area contributed by atoms with Crippen molar-refractivity contribution in [3.8, 4) is 11.5 Å². The molecule has 10 heteroatoms. The molecule has 0 radical (unpaired) electrons. The van der Waals surface area contributed by atoms with Gasteiger partial charge in [0.2, 0.25) is 5.91 Å². The average Bonchev–Trinajstić information content (AvgIpc) is 2.77. The highest BCUT2D eigenvalue weighted by Gasteiger charge is 2.36. The highest BCUT2D eigenvalue weighted by Crippen LogP contribution is 2.34. The number of thioether (sulfide) groups is 1. The number of carboxylic acid groups (broad SMARTS) is 1. The predicted octanol–water partition coefficient (Wildman–Crippen LogP) is 0.725. The minimum absolute atomic E-state index is 0.0179. The molecule has 1 saturated heterocycles. The van der Waals surface area contributed by atoms with Crippen molar-refractivity contribution in [2.45, 2.75) is 6.42 Å². The number of nitrogens with zero attached hydrogens (tertiary/aromatic N) is 1. The maximum absolute atomic E-state index is 12.2. The van der Waals surface area contributed by atoms with Crippen molar-refractivity contribution in [2.24, 2.45) is 0 Å². The highest BCUT2D eigenvalue weighted by molar-refractivity contribution is 8.18. The summed E-state index contributed by atoms with van der Waals surface area (Å²) in [5.41, 5.74) is 0.231. The standard InChI is InChI=1S/C15H14N2O7S/c18-9-2-1-8(10(19)6-9)5-11-14(23)17(15(24)25-11)7-12(20)16-4-3-13(21)22/h1-2,5-6,18-19H,3-4,7H2,(H,16,20)(H,21,22)/b11-5-. The second kappa shape index (κ2) is 7.71. The van der Waals surface area contributed by atoms with Crippen LogP contribution in [0.15, 0.2) is 23.1 Å². The molecule has 0 aliphatic carbocycles. The molecule has 0 aromatic heterocycles. The number of carbonyl (C=O) groups excluding carboxylic acids is 3. The molecular weight excluding hydrogens is 352 g/mol. The third-order valence-corrected chi connectivity index (χ3v) is 4.04. The number of phenolic OH excluding ortho intramolecular Hbond substituents is 2. The molecule has 0 saturated carbocycles. The molecular formula is C15H14N2O7S. The molecule has 2 rings (SSSR count). The van der Waals surface area contributed by atoms with E-state index in [1.165, 1.54) is 18.2 Å². The van der Waals surface area contributed by atoms with Gasteiger partial charge in [0, 0.05) is 18.2 Å². The molecule has 9 nitrogen and oxygen atoms in total. The number of benzene rings is 1. The Morgan fingerprint density at radius 2 is 1.96 bits per heavy atom. The Bertz CT molecular complexity index is 775. The maximum Gasteiger partial charge on any atom is 0.305 e. The second-order valence-corrected chi connectivity index (χ2v) is 6.00. The molecule has 1 heterocycles. The van der Waals surface area contributed by atoms with Crippen molar-refractivity contribution >= 4 is 40.9 Å². The Hall–Kier alpha value is -3.01. The topological polar surface area (TPSA) is 144 Å². The van der Waals surface area contributed by atoms with Crippen molar-refractivity contribution in [3.05, 3.63) is 28.7 Å². The van der Waals surface area contributed by atoms with E-state index in [1.54, 1.807) is 0 Å². The fraction of sp³-hybridized carbons (Fsp3) is 0.200. The zero-order valence-electron chi connectivity index (χ0n) is 12.8. The van der Waals surface area contributed by atoms with Crippen LogP contribution in [0.1, 0.15) is 12.0 Å². The van der Waals surface area contributed by atoms with Crippen LogP contribution >= 0.6 is 11.8 Å². The van der Waals surface area contributed by atoms with E-state index in [0.29, 0.717) is 11.8 Å². The van der Waals surface area contributed by atoms with Crippen molar-refractivity contribution in [1.82, 2.24) is 10.2 Å². The maximum atomic E-state index is 12.2. The first-order chi connectivity index (χ1) is 11.8. The molecule has 25 heavy (non-hydrogen) atoms. The van der Waals surface area contributed by atoms with Crippen molar-refractivity contribution in [1.29, 1.82) is 0 Å². The summed E-state index contributed by atoms with van der Waals surface area (Å²) < 4.78 is 0. The van der Waals surface area contributed by atoms with E-state index in [-0.39, 0.29) is 34.9 Å². The largest absolute Gasteiger partial charge is 0.508 e. The third kappa shape index (κ3) is 4.73. The molecule has 1 aromatic rings. The number of phenols is 2. The number of aromatic hydroxyl groups is 2. The fourth-order valence-electron chi connectivity index (χ4n) is 1.94. The van der Waals surface area contributed by atoms with Gasteiger partial charge in [-0.3, -0.25) is 24.1 Å². The zero-order chi connectivity index (χ0) is 18.6. The minimum Gasteiger partial charge on any atom is -0.508 e. The molecule has 0 atom stereocenters. The lowest BCUT2D eigenvalue weighted by molar-refractivity contribution is -0.137. The van der Waals surface area contributed by atoms with Gasteiger partial charge in [0.15, 0.2) is 0 Å². The smallest absolute Gasteiger partial charge is 0.305 e. The predicted molar refractivity (Wildman–Crippen MR) is 87.7 cm³/mol. The van der Waals surface area contributed by atoms with Gasteiger partial charge in [-0.1, -0.05) is 0 Å². The lowest BCUT2D eigenvalue weighted by Gasteiger charge is -2.11. The Morgan fingerprint density at radius 3 is 2.60 bits per heavy atom. The van der Waals surface area contributed by atoms with Crippen LogP contribution in [0.25, 0.3) is 6.08 Å². The van der Waals surface area contributed by atoms with Crippen LogP contribution in [-0.4, -0.2) is 56.3 Å². The summed E-state index contributed by atoms with van der Waals surface area (Å²) in [5.74, 6) is -2.85. The number of aliphatic carboxylic acids is 1. The molecule has 1 aliphatic rings. The van der Waals surface area contributed by atoms with E-state index in [2.05, 4.69) is 5.32 Å². The number of rotatable bonds is 6. The number of imide groups is 1. The van der Waals surface area contributed by atoms with Crippen LogP contribution in [0.3, 0.4) is 0 Å². The van der Waals surface area contributed by atoms with Gasteiger partial charge in [0.1, 0.15) is 18.0 Å². The molecule has 4 N–H and O–H groups in total. The average molecular weight is 366 g/mol. The fourth-order valence-corrected chi connectivity index (χ4v) is 2.77. The van der Waals surface area contributed by atoms with Crippen molar-refractivity contribution in [2.75, 3.05) is 13.1 Å². The summed E-state index contributed by atoms with van der Waals surface area (Å²) in [6.07, 6.45) is 1.01. The van der Waals surface area contributed by atoms with E-state index in [1.807, 2.05) is 0 Å². The van der Waals surface area contributed by atoms with E-state index in [0.717, 1.165) is 11.0 Å².